The highest BCUT2D eigenvalue weighted by Gasteiger charge is 2.67. The van der Waals surface area contributed by atoms with Gasteiger partial charge in [0.1, 0.15) is 5.82 Å². The molecule has 8 atom stereocenters. The number of benzene rings is 1. The predicted molar refractivity (Wildman–Crippen MR) is 141 cm³/mol. The van der Waals surface area contributed by atoms with E-state index in [1.165, 1.54) is 21.4 Å². The van der Waals surface area contributed by atoms with Gasteiger partial charge in [-0.2, -0.15) is 4.37 Å². The van der Waals surface area contributed by atoms with Gasteiger partial charge in [-0.15, -0.1) is 0 Å². The molecule has 198 valence electrons. The number of likely N-dealkylation sites (tertiary alicyclic amines) is 1. The Labute approximate surface area is 221 Å². The molecule has 5 unspecified atom stereocenters. The molecule has 2 amide bonds. The lowest BCUT2D eigenvalue weighted by molar-refractivity contribution is -0.142. The molecule has 1 aromatic heterocycles. The number of amides is 2. The summed E-state index contributed by atoms with van der Waals surface area (Å²) in [5, 5.41) is 22.0. The Kier molecular flexibility index (Phi) is 6.03. The summed E-state index contributed by atoms with van der Waals surface area (Å²) in [6, 6.07) is 8.44. The van der Waals surface area contributed by atoms with E-state index in [-0.39, 0.29) is 23.7 Å². The van der Waals surface area contributed by atoms with Gasteiger partial charge in [-0.3, -0.25) is 19.4 Å². The third kappa shape index (κ3) is 3.84. The van der Waals surface area contributed by atoms with Crippen molar-refractivity contribution >= 4 is 39.3 Å². The van der Waals surface area contributed by atoms with E-state index in [1.54, 1.807) is 11.5 Å². The molecule has 9 heteroatoms. The van der Waals surface area contributed by atoms with E-state index in [2.05, 4.69) is 34.1 Å². The van der Waals surface area contributed by atoms with Gasteiger partial charge >= 0.3 is 0 Å². The van der Waals surface area contributed by atoms with E-state index >= 15 is 0 Å². The van der Waals surface area contributed by atoms with Crippen molar-refractivity contribution in [3.8, 4) is 0 Å². The number of hydrogen-bond acceptors (Lipinski definition) is 8. The molecule has 1 aromatic carbocycles. The number of carbonyl (C=O) groups excluding carboxylic acids is 2. The number of rotatable bonds is 5. The lowest BCUT2D eigenvalue weighted by Gasteiger charge is -2.40. The molecule has 2 N–H and O–H groups in total. The van der Waals surface area contributed by atoms with Crippen molar-refractivity contribution in [1.82, 2.24) is 14.2 Å². The van der Waals surface area contributed by atoms with Crippen LogP contribution < -0.4 is 4.90 Å². The highest BCUT2D eigenvalue weighted by molar-refractivity contribution is 7.13. The molecular formula is C28H36N4O4S. The zero-order chi connectivity index (χ0) is 25.3. The molecule has 8 nitrogen and oxygen atoms in total. The molecule has 3 aliphatic carbocycles. The number of aliphatic hydroxyl groups excluding tert-OH is 2. The highest BCUT2D eigenvalue weighted by atomic mass is 32.1. The molecule has 3 heterocycles. The number of nitrogens with zero attached hydrogens (tertiary/aromatic N) is 4. The molecule has 5 aliphatic rings. The predicted octanol–water partition coefficient (Wildman–Crippen LogP) is 2.20. The molecule has 37 heavy (non-hydrogen) atoms. The molecule has 2 saturated heterocycles. The summed E-state index contributed by atoms with van der Waals surface area (Å²) >= 11 is 1.57. The molecule has 7 rings (SSSR count). The summed E-state index contributed by atoms with van der Waals surface area (Å²) in [5.74, 6) is 0.350. The number of aromatic nitrogens is 1. The number of anilines is 1. The van der Waals surface area contributed by atoms with Gasteiger partial charge in [0, 0.05) is 56.5 Å². The Balaban J connectivity index is 0.991. The van der Waals surface area contributed by atoms with Crippen molar-refractivity contribution in [3.63, 3.8) is 0 Å². The van der Waals surface area contributed by atoms with Gasteiger partial charge in [0.15, 0.2) is 0 Å². The van der Waals surface area contributed by atoms with Crippen LogP contribution in [0, 0.1) is 35.5 Å². The summed E-state index contributed by atoms with van der Waals surface area (Å²) < 4.78 is 5.97. The van der Waals surface area contributed by atoms with Crippen molar-refractivity contribution in [2.45, 2.75) is 44.3 Å². The maximum absolute atomic E-state index is 13.3. The first-order chi connectivity index (χ1) is 18.0. The second kappa shape index (κ2) is 9.29. The third-order valence-electron chi connectivity index (χ3n) is 10.2. The molecule has 0 radical (unpaired) electrons. The summed E-state index contributed by atoms with van der Waals surface area (Å²) in [7, 11) is 0. The summed E-state index contributed by atoms with van der Waals surface area (Å²) in [4.78, 5) is 33.2. The first-order valence-electron chi connectivity index (χ1n) is 14.0. The summed E-state index contributed by atoms with van der Waals surface area (Å²) in [6.07, 6.45) is 3.42. The van der Waals surface area contributed by atoms with Crippen LogP contribution in [0.15, 0.2) is 24.3 Å². The van der Waals surface area contributed by atoms with Crippen LogP contribution in [-0.2, 0) is 9.59 Å². The fourth-order valence-corrected chi connectivity index (χ4v) is 9.04. The molecule has 2 aromatic rings. The standard InChI is InChI=1S/C28H36N4O4S/c33-24-19-13-20(25(24)34)23-22(19)27(35)32(28(23)36)15-17-6-2-1-5-16(17)14-30-9-11-31(12-10-30)26-18-7-3-4-8-21(18)37-29-26/h3-4,7-8,16-17,19-20,22-25,33-34H,1-2,5-6,9-15H2/t16-,17-,19?,20?,22?,23?,24-,25?/m0/s1. The van der Waals surface area contributed by atoms with Crippen molar-refractivity contribution < 1.29 is 19.8 Å². The SMILES string of the molecule is O=C1C2C3CC(C2C(=O)N1C[C@@H]1CCCC[C@H]1CN1CCN(c2nsc4ccccc24)CC1)[C@H](O)C3O. The largest absolute Gasteiger partial charge is 0.390 e. The average Bonchev–Trinajstić information content (AvgIpc) is 3.65. The molecule has 0 spiro atoms. The highest BCUT2D eigenvalue weighted by Crippen LogP contribution is 2.56. The first-order valence-corrected chi connectivity index (χ1v) is 14.8. The molecule has 3 saturated carbocycles. The Morgan fingerprint density at radius 2 is 1.49 bits per heavy atom. The second-order valence-electron chi connectivity index (χ2n) is 12.0. The van der Waals surface area contributed by atoms with Gasteiger partial charge in [0.05, 0.1) is 28.7 Å². The molecule has 2 bridgehead atoms. The Morgan fingerprint density at radius 3 is 2.16 bits per heavy atom. The fraction of sp³-hybridized carbons (Fsp3) is 0.679. The van der Waals surface area contributed by atoms with E-state index in [0.29, 0.717) is 24.8 Å². The lowest BCUT2D eigenvalue weighted by Crippen LogP contribution is -2.49. The van der Waals surface area contributed by atoms with Crippen molar-refractivity contribution in [2.75, 3.05) is 44.2 Å². The van der Waals surface area contributed by atoms with E-state index < -0.39 is 24.0 Å². The van der Waals surface area contributed by atoms with E-state index in [9.17, 15) is 19.8 Å². The monoisotopic (exact) mass is 524 g/mol. The van der Waals surface area contributed by atoms with Crippen molar-refractivity contribution in [2.24, 2.45) is 35.5 Å². The number of carbonyl (C=O) groups is 2. The number of piperazine rings is 1. The maximum atomic E-state index is 13.3. The smallest absolute Gasteiger partial charge is 0.233 e. The number of fused-ring (bicyclic) bond motifs is 6. The maximum Gasteiger partial charge on any atom is 0.233 e. The third-order valence-corrected chi connectivity index (χ3v) is 11.0. The zero-order valence-corrected chi connectivity index (χ0v) is 21.9. The van der Waals surface area contributed by atoms with Crippen LogP contribution in [-0.4, -0.2) is 87.7 Å². The quantitative estimate of drug-likeness (QED) is 0.579. The van der Waals surface area contributed by atoms with Crippen LogP contribution in [0.3, 0.4) is 0 Å². The minimum atomic E-state index is -0.869. The first kappa shape index (κ1) is 24.0. The van der Waals surface area contributed by atoms with E-state index in [0.717, 1.165) is 57.8 Å². The van der Waals surface area contributed by atoms with Gasteiger partial charge in [-0.05, 0) is 54.8 Å². The van der Waals surface area contributed by atoms with Crippen LogP contribution in [0.25, 0.3) is 10.1 Å². The van der Waals surface area contributed by atoms with Gasteiger partial charge in [-0.25, -0.2) is 0 Å². The Hall–Kier alpha value is -2.07. The van der Waals surface area contributed by atoms with Crippen LogP contribution in [0.4, 0.5) is 5.82 Å². The second-order valence-corrected chi connectivity index (χ2v) is 12.8. The normalized spacial score (nSPS) is 38.2. The van der Waals surface area contributed by atoms with E-state index in [1.807, 2.05) is 0 Å². The minimum absolute atomic E-state index is 0.0955. The lowest BCUT2D eigenvalue weighted by atomic mass is 9.78. The molecular weight excluding hydrogens is 488 g/mol. The van der Waals surface area contributed by atoms with Gasteiger partial charge in [0.25, 0.3) is 0 Å². The van der Waals surface area contributed by atoms with Crippen LogP contribution >= 0.6 is 11.5 Å². The van der Waals surface area contributed by atoms with Crippen LogP contribution in [0.5, 0.6) is 0 Å². The van der Waals surface area contributed by atoms with Crippen molar-refractivity contribution in [3.05, 3.63) is 24.3 Å². The van der Waals surface area contributed by atoms with Crippen molar-refractivity contribution in [1.29, 1.82) is 0 Å². The number of hydrogen-bond donors (Lipinski definition) is 2. The molecule has 5 fully saturated rings. The topological polar surface area (TPSA) is 97.2 Å². The summed E-state index contributed by atoms with van der Waals surface area (Å²) in [5.41, 5.74) is 0. The molecule has 2 aliphatic heterocycles. The minimum Gasteiger partial charge on any atom is -0.390 e. The average molecular weight is 525 g/mol. The zero-order valence-electron chi connectivity index (χ0n) is 21.1. The number of aliphatic hydroxyl groups is 2. The van der Waals surface area contributed by atoms with Gasteiger partial charge < -0.3 is 15.1 Å². The fourth-order valence-electron chi connectivity index (χ4n) is 8.25. The summed E-state index contributed by atoms with van der Waals surface area (Å²) in [6.45, 7) is 5.45. The van der Waals surface area contributed by atoms with E-state index in [4.69, 9.17) is 4.37 Å². The van der Waals surface area contributed by atoms with Crippen LogP contribution in [0.2, 0.25) is 0 Å². The van der Waals surface area contributed by atoms with Gasteiger partial charge in [-0.1, -0.05) is 25.0 Å². The number of imide groups is 1. The Morgan fingerprint density at radius 1 is 0.865 bits per heavy atom. The van der Waals surface area contributed by atoms with Crippen LogP contribution in [0.1, 0.15) is 32.1 Å². The van der Waals surface area contributed by atoms with Gasteiger partial charge in [0.2, 0.25) is 11.8 Å². The Bertz CT molecular complexity index is 1160.